The summed E-state index contributed by atoms with van der Waals surface area (Å²) in [6.07, 6.45) is 0. The lowest BCUT2D eigenvalue weighted by Crippen LogP contribution is -2.01. The van der Waals surface area contributed by atoms with Crippen LogP contribution in [0.4, 0.5) is 5.69 Å². The first-order valence-electron chi connectivity index (χ1n) is 6.31. The molecule has 5 nitrogen and oxygen atoms in total. The average Bonchev–Trinajstić information content (AvgIpc) is 2.53. The van der Waals surface area contributed by atoms with Gasteiger partial charge in [-0.05, 0) is 23.8 Å². The Hall–Kier alpha value is -1.99. The van der Waals surface area contributed by atoms with Gasteiger partial charge in [-0.25, -0.2) is 0 Å². The number of benzene rings is 2. The molecule has 114 valence electrons. The predicted molar refractivity (Wildman–Crippen MR) is 86.3 cm³/mol. The molecular formula is C15H12BrNO4S. The molecule has 7 heteroatoms. The summed E-state index contributed by atoms with van der Waals surface area (Å²) in [4.78, 5) is 11.7. The lowest BCUT2D eigenvalue weighted by molar-refractivity contribution is 0.102. The number of ketones is 1. The van der Waals surface area contributed by atoms with E-state index in [0.717, 1.165) is 5.56 Å². The van der Waals surface area contributed by atoms with E-state index in [9.17, 15) is 13.2 Å². The molecule has 2 aromatic rings. The van der Waals surface area contributed by atoms with Crippen LogP contribution in [0.1, 0.15) is 15.9 Å². The molecule has 0 atom stereocenters. The summed E-state index contributed by atoms with van der Waals surface area (Å²) in [6, 6.07) is 14.0. The molecule has 0 aliphatic rings. The zero-order chi connectivity index (χ0) is 15.9. The van der Waals surface area contributed by atoms with Crippen molar-refractivity contribution in [2.45, 2.75) is 6.61 Å². The third kappa shape index (κ3) is 4.51. The number of rotatable bonds is 6. The standard InChI is InChI=1S/C15H12BrNO4S/c16-9-14(18)12-6-7-15(13(8-12)17-22(19)20)21-10-11-4-2-1-3-5-11/h1-8H,9-10H2. The third-order valence-corrected chi connectivity index (χ3v) is 3.67. The second kappa shape index (κ2) is 7.86. The van der Waals surface area contributed by atoms with Gasteiger partial charge in [-0.3, -0.25) is 4.79 Å². The fourth-order valence-corrected chi connectivity index (χ4v) is 2.40. The SMILES string of the molecule is O=C(CBr)c1ccc(OCc2ccccc2)c(N=S(=O)=O)c1. The van der Waals surface area contributed by atoms with Crippen LogP contribution in [0.25, 0.3) is 0 Å². The number of carbonyl (C=O) groups excluding carboxylic acids is 1. The first-order valence-corrected chi connectivity index (χ1v) is 8.46. The van der Waals surface area contributed by atoms with Crippen LogP contribution < -0.4 is 4.74 Å². The minimum absolute atomic E-state index is 0.107. The van der Waals surface area contributed by atoms with Crippen molar-refractivity contribution in [2.75, 3.05) is 5.33 Å². The highest BCUT2D eigenvalue weighted by molar-refractivity contribution is 9.09. The zero-order valence-corrected chi connectivity index (χ0v) is 13.8. The van der Waals surface area contributed by atoms with E-state index in [1.54, 1.807) is 12.1 Å². The summed E-state index contributed by atoms with van der Waals surface area (Å²) in [5, 5.41) is 0.150. The number of hydrogen-bond acceptors (Lipinski definition) is 5. The number of carbonyl (C=O) groups is 1. The molecular weight excluding hydrogens is 370 g/mol. The minimum Gasteiger partial charge on any atom is -0.487 e. The van der Waals surface area contributed by atoms with E-state index < -0.39 is 10.5 Å². The van der Waals surface area contributed by atoms with Crippen molar-refractivity contribution in [1.29, 1.82) is 0 Å². The van der Waals surface area contributed by atoms with E-state index in [1.165, 1.54) is 6.07 Å². The van der Waals surface area contributed by atoms with Crippen molar-refractivity contribution in [2.24, 2.45) is 4.36 Å². The highest BCUT2D eigenvalue weighted by atomic mass is 79.9. The van der Waals surface area contributed by atoms with Crippen LogP contribution in [0, 0.1) is 0 Å². The Morgan fingerprint density at radius 2 is 1.86 bits per heavy atom. The zero-order valence-electron chi connectivity index (χ0n) is 11.4. The van der Waals surface area contributed by atoms with Crippen molar-refractivity contribution >= 4 is 37.9 Å². The molecule has 0 unspecified atom stereocenters. The maximum atomic E-state index is 11.7. The lowest BCUT2D eigenvalue weighted by Gasteiger charge is -2.09. The predicted octanol–water partition coefficient (Wildman–Crippen LogP) is 3.54. The maximum Gasteiger partial charge on any atom is 0.316 e. The molecule has 0 aliphatic heterocycles. The van der Waals surface area contributed by atoms with Crippen LogP contribution in [-0.4, -0.2) is 19.5 Å². The minimum atomic E-state index is -2.63. The fourth-order valence-electron chi connectivity index (χ4n) is 1.78. The maximum absolute atomic E-state index is 11.7. The molecule has 2 rings (SSSR count). The average molecular weight is 382 g/mol. The van der Waals surface area contributed by atoms with Crippen LogP contribution in [0.5, 0.6) is 5.75 Å². The summed E-state index contributed by atoms with van der Waals surface area (Å²) in [6.45, 7) is 0.278. The van der Waals surface area contributed by atoms with Gasteiger partial charge >= 0.3 is 10.5 Å². The normalized spacial score (nSPS) is 10.0. The number of ether oxygens (including phenoxy) is 1. The van der Waals surface area contributed by atoms with E-state index in [1.807, 2.05) is 30.3 Å². The van der Waals surface area contributed by atoms with Crippen molar-refractivity contribution in [3.8, 4) is 5.75 Å². The van der Waals surface area contributed by atoms with Crippen LogP contribution in [0.3, 0.4) is 0 Å². The summed E-state index contributed by atoms with van der Waals surface area (Å²) >= 11 is 3.07. The van der Waals surface area contributed by atoms with Gasteiger partial charge in [0, 0.05) is 5.56 Å². The third-order valence-electron chi connectivity index (χ3n) is 2.81. The number of halogens is 1. The monoisotopic (exact) mass is 381 g/mol. The molecule has 0 spiro atoms. The van der Waals surface area contributed by atoms with E-state index in [2.05, 4.69) is 20.3 Å². The molecule has 0 N–H and O–H groups in total. The highest BCUT2D eigenvalue weighted by Gasteiger charge is 2.10. The molecule has 0 heterocycles. The Labute approximate surface area is 137 Å². The molecule has 2 aromatic carbocycles. The number of hydrogen-bond donors (Lipinski definition) is 0. The van der Waals surface area contributed by atoms with Gasteiger partial charge in [0.25, 0.3) is 0 Å². The summed E-state index contributed by atoms with van der Waals surface area (Å²) < 4.78 is 30.7. The first-order chi connectivity index (χ1) is 10.6. The van der Waals surface area contributed by atoms with Gasteiger partial charge in [0.1, 0.15) is 18.0 Å². The van der Waals surface area contributed by atoms with Crippen LogP contribution in [0.2, 0.25) is 0 Å². The smallest absolute Gasteiger partial charge is 0.316 e. The van der Waals surface area contributed by atoms with Gasteiger partial charge in [0.05, 0.1) is 5.33 Å². The van der Waals surface area contributed by atoms with Crippen molar-refractivity contribution in [1.82, 2.24) is 0 Å². The first kappa shape index (κ1) is 16.4. The van der Waals surface area contributed by atoms with E-state index >= 15 is 0 Å². The number of nitrogens with zero attached hydrogens (tertiary/aromatic N) is 1. The summed E-state index contributed by atoms with van der Waals surface area (Å²) in [7, 11) is -2.63. The molecule has 22 heavy (non-hydrogen) atoms. The Balaban J connectivity index is 2.30. The highest BCUT2D eigenvalue weighted by Crippen LogP contribution is 2.29. The second-order valence-electron chi connectivity index (χ2n) is 4.32. The lowest BCUT2D eigenvalue weighted by atomic mass is 10.1. The van der Waals surface area contributed by atoms with Crippen LogP contribution in [0.15, 0.2) is 52.9 Å². The van der Waals surface area contributed by atoms with Gasteiger partial charge in [-0.15, -0.1) is 4.36 Å². The van der Waals surface area contributed by atoms with E-state index in [-0.39, 0.29) is 23.4 Å². The van der Waals surface area contributed by atoms with Gasteiger partial charge in [-0.1, -0.05) is 46.3 Å². The molecule has 0 saturated heterocycles. The molecule has 0 saturated carbocycles. The summed E-state index contributed by atoms with van der Waals surface area (Å²) in [5.41, 5.74) is 1.42. The Morgan fingerprint density at radius 3 is 2.50 bits per heavy atom. The number of alkyl halides is 1. The van der Waals surface area contributed by atoms with Gasteiger partial charge in [0.15, 0.2) is 5.78 Å². The Kier molecular flexibility index (Phi) is 5.85. The number of Topliss-reactive ketones (excluding diaryl/α,β-unsaturated/α-hetero) is 1. The molecule has 0 radical (unpaired) electrons. The molecule has 0 bridgehead atoms. The molecule has 0 amide bonds. The van der Waals surface area contributed by atoms with E-state index in [4.69, 9.17) is 4.74 Å². The van der Waals surface area contributed by atoms with Crippen LogP contribution >= 0.6 is 15.9 Å². The molecule has 0 aliphatic carbocycles. The quantitative estimate of drug-likeness (QED) is 0.566. The van der Waals surface area contributed by atoms with Crippen molar-refractivity contribution in [3.63, 3.8) is 0 Å². The summed E-state index contributed by atoms with van der Waals surface area (Å²) in [5.74, 6) is 0.141. The topological polar surface area (TPSA) is 72.8 Å². The molecule has 0 fully saturated rings. The Bertz CT molecular complexity index is 796. The largest absolute Gasteiger partial charge is 0.487 e. The van der Waals surface area contributed by atoms with Gasteiger partial charge in [-0.2, -0.15) is 8.42 Å². The van der Waals surface area contributed by atoms with Gasteiger partial charge in [0.2, 0.25) is 0 Å². The molecule has 0 aromatic heterocycles. The Morgan fingerprint density at radius 1 is 1.14 bits per heavy atom. The fraction of sp³-hybridized carbons (Fsp3) is 0.133. The van der Waals surface area contributed by atoms with Crippen LogP contribution in [-0.2, 0) is 17.1 Å². The van der Waals surface area contributed by atoms with Gasteiger partial charge < -0.3 is 4.74 Å². The van der Waals surface area contributed by atoms with Crippen molar-refractivity contribution < 1.29 is 17.9 Å². The van der Waals surface area contributed by atoms with Crippen molar-refractivity contribution in [3.05, 3.63) is 59.7 Å². The second-order valence-corrected chi connectivity index (χ2v) is 5.50. The van der Waals surface area contributed by atoms with E-state index in [0.29, 0.717) is 11.3 Å².